The van der Waals surface area contributed by atoms with Crippen LogP contribution in [0.15, 0.2) is 66.0 Å². The molecule has 1 saturated carbocycles. The van der Waals surface area contributed by atoms with E-state index in [1.165, 1.54) is 17.0 Å². The number of carbonyl (C=O) groups is 2. The maximum Gasteiger partial charge on any atom is 0.257 e. The monoisotopic (exact) mass is 464 g/mol. The van der Waals surface area contributed by atoms with Gasteiger partial charge in [-0.15, -0.1) is 11.3 Å². The highest BCUT2D eigenvalue weighted by molar-refractivity contribution is 7.10. The second-order valence-electron chi connectivity index (χ2n) is 8.42. The smallest absolute Gasteiger partial charge is 0.257 e. The number of hydrogen-bond donors (Lipinski definition) is 0. The Bertz CT molecular complexity index is 1150. The van der Waals surface area contributed by atoms with Crippen LogP contribution in [0, 0.1) is 5.82 Å². The summed E-state index contributed by atoms with van der Waals surface area (Å²) in [5.74, 6) is -0.364. The SMILES string of the molecule is O=C(c1ccccc1F)N(CC(=O)N1CCc2sccc2C1COc1ccccc1)C1CC1. The van der Waals surface area contributed by atoms with Crippen molar-refractivity contribution in [3.8, 4) is 5.75 Å². The molecule has 33 heavy (non-hydrogen) atoms. The van der Waals surface area contributed by atoms with Crippen LogP contribution in [0.5, 0.6) is 5.75 Å². The van der Waals surface area contributed by atoms with Crippen molar-refractivity contribution >= 4 is 23.2 Å². The molecule has 5 nitrogen and oxygen atoms in total. The molecule has 1 aliphatic carbocycles. The van der Waals surface area contributed by atoms with E-state index in [9.17, 15) is 14.0 Å². The van der Waals surface area contributed by atoms with Gasteiger partial charge in [-0.05, 0) is 60.5 Å². The predicted molar refractivity (Wildman–Crippen MR) is 125 cm³/mol. The molecule has 3 aromatic rings. The Hall–Kier alpha value is -3.19. The van der Waals surface area contributed by atoms with E-state index in [2.05, 4.69) is 6.07 Å². The highest BCUT2D eigenvalue weighted by atomic mass is 32.1. The maximum absolute atomic E-state index is 14.3. The quantitative estimate of drug-likeness (QED) is 0.510. The van der Waals surface area contributed by atoms with Gasteiger partial charge in [0.25, 0.3) is 5.91 Å². The Morgan fingerprint density at radius 2 is 1.82 bits per heavy atom. The first kappa shape index (κ1) is 21.6. The van der Waals surface area contributed by atoms with E-state index in [1.54, 1.807) is 28.4 Å². The van der Waals surface area contributed by atoms with E-state index in [0.29, 0.717) is 13.2 Å². The Kier molecular flexibility index (Phi) is 6.13. The fourth-order valence-electron chi connectivity index (χ4n) is 4.35. The summed E-state index contributed by atoms with van der Waals surface area (Å²) in [6, 6.07) is 17.3. The lowest BCUT2D eigenvalue weighted by Gasteiger charge is -2.37. The van der Waals surface area contributed by atoms with Gasteiger partial charge in [0.15, 0.2) is 0 Å². The average molecular weight is 465 g/mol. The molecular formula is C26H25FN2O3S. The largest absolute Gasteiger partial charge is 0.491 e. The lowest BCUT2D eigenvalue weighted by Crippen LogP contribution is -2.48. The highest BCUT2D eigenvalue weighted by Crippen LogP contribution is 2.35. The van der Waals surface area contributed by atoms with Crippen LogP contribution in [0.2, 0.25) is 0 Å². The zero-order valence-electron chi connectivity index (χ0n) is 18.2. The number of rotatable bonds is 7. The van der Waals surface area contributed by atoms with Crippen molar-refractivity contribution in [1.82, 2.24) is 9.80 Å². The van der Waals surface area contributed by atoms with Crippen molar-refractivity contribution in [3.05, 3.63) is 87.9 Å². The third kappa shape index (κ3) is 4.64. The van der Waals surface area contributed by atoms with E-state index in [-0.39, 0.29) is 30.1 Å². The van der Waals surface area contributed by atoms with Crippen molar-refractivity contribution in [3.63, 3.8) is 0 Å². The topological polar surface area (TPSA) is 49.9 Å². The molecule has 0 spiro atoms. The first-order valence-electron chi connectivity index (χ1n) is 11.2. The molecule has 2 heterocycles. The molecule has 2 aliphatic rings. The number of nitrogens with zero attached hydrogens (tertiary/aromatic N) is 2. The summed E-state index contributed by atoms with van der Waals surface area (Å²) < 4.78 is 20.3. The van der Waals surface area contributed by atoms with Gasteiger partial charge in [-0.3, -0.25) is 9.59 Å². The van der Waals surface area contributed by atoms with Gasteiger partial charge in [-0.1, -0.05) is 30.3 Å². The standard InChI is InChI=1S/C26H25FN2O3S/c27-22-9-5-4-8-20(22)26(31)29(18-10-11-18)16-25(30)28-14-12-24-21(13-15-33-24)23(28)17-32-19-6-2-1-3-7-19/h1-9,13,15,18,23H,10-12,14,16-17H2. The molecule has 1 unspecified atom stereocenters. The minimum atomic E-state index is -0.560. The van der Waals surface area contributed by atoms with Crippen LogP contribution in [-0.4, -0.2) is 47.4 Å². The Labute approximate surface area is 196 Å². The van der Waals surface area contributed by atoms with Crippen LogP contribution < -0.4 is 4.74 Å². The maximum atomic E-state index is 14.3. The third-order valence-electron chi connectivity index (χ3n) is 6.22. The zero-order valence-corrected chi connectivity index (χ0v) is 19.0. The molecule has 0 N–H and O–H groups in total. The lowest BCUT2D eigenvalue weighted by atomic mass is 10.0. The van der Waals surface area contributed by atoms with Gasteiger partial charge >= 0.3 is 0 Å². The van der Waals surface area contributed by atoms with Crippen molar-refractivity contribution in [2.75, 3.05) is 19.7 Å². The summed E-state index contributed by atoms with van der Waals surface area (Å²) in [5, 5.41) is 2.05. The number of halogens is 1. The summed E-state index contributed by atoms with van der Waals surface area (Å²) in [6.45, 7) is 0.852. The molecule has 7 heteroatoms. The summed E-state index contributed by atoms with van der Waals surface area (Å²) in [7, 11) is 0. The van der Waals surface area contributed by atoms with Crippen LogP contribution in [0.4, 0.5) is 4.39 Å². The number of amides is 2. The van der Waals surface area contributed by atoms with Crippen molar-refractivity contribution in [2.24, 2.45) is 0 Å². The molecule has 170 valence electrons. The summed E-state index contributed by atoms with van der Waals surface area (Å²) in [6.07, 6.45) is 2.46. The van der Waals surface area contributed by atoms with Gasteiger partial charge in [0, 0.05) is 17.5 Å². The first-order valence-corrected chi connectivity index (χ1v) is 12.1. The third-order valence-corrected chi connectivity index (χ3v) is 7.22. The van der Waals surface area contributed by atoms with Crippen LogP contribution in [0.3, 0.4) is 0 Å². The van der Waals surface area contributed by atoms with Gasteiger partial charge in [0.05, 0.1) is 11.6 Å². The molecule has 0 bridgehead atoms. The van der Waals surface area contributed by atoms with Crippen LogP contribution >= 0.6 is 11.3 Å². The molecule has 0 radical (unpaired) electrons. The van der Waals surface area contributed by atoms with E-state index < -0.39 is 11.7 Å². The van der Waals surface area contributed by atoms with Gasteiger partial charge in [-0.25, -0.2) is 4.39 Å². The van der Waals surface area contributed by atoms with Crippen LogP contribution in [0.1, 0.15) is 39.7 Å². The van der Waals surface area contributed by atoms with Gasteiger partial charge in [0.2, 0.25) is 5.91 Å². The Balaban J connectivity index is 1.35. The second kappa shape index (κ2) is 9.35. The molecule has 1 aliphatic heterocycles. The fraction of sp³-hybridized carbons (Fsp3) is 0.308. The number of para-hydroxylation sites is 1. The van der Waals surface area contributed by atoms with Gasteiger partial charge in [0.1, 0.15) is 24.7 Å². The minimum Gasteiger partial charge on any atom is -0.491 e. The molecule has 2 amide bonds. The number of thiophene rings is 1. The minimum absolute atomic E-state index is 0.0124. The Morgan fingerprint density at radius 3 is 2.58 bits per heavy atom. The molecular weight excluding hydrogens is 439 g/mol. The summed E-state index contributed by atoms with van der Waals surface area (Å²) in [5.41, 5.74) is 1.12. The zero-order chi connectivity index (χ0) is 22.8. The van der Waals surface area contributed by atoms with Gasteiger partial charge in [-0.2, -0.15) is 0 Å². The fourth-order valence-corrected chi connectivity index (χ4v) is 5.27. The summed E-state index contributed by atoms with van der Waals surface area (Å²) in [4.78, 5) is 31.2. The number of hydrogen-bond acceptors (Lipinski definition) is 4. The van der Waals surface area contributed by atoms with Crippen LogP contribution in [0.25, 0.3) is 0 Å². The van der Waals surface area contributed by atoms with Gasteiger partial charge < -0.3 is 14.5 Å². The highest BCUT2D eigenvalue weighted by Gasteiger charge is 2.38. The number of ether oxygens (including phenoxy) is 1. The molecule has 2 aromatic carbocycles. The number of benzene rings is 2. The summed E-state index contributed by atoms with van der Waals surface area (Å²) >= 11 is 1.70. The van der Waals surface area contributed by atoms with E-state index in [1.807, 2.05) is 40.6 Å². The average Bonchev–Trinajstić information content (AvgIpc) is 3.57. The van der Waals surface area contributed by atoms with Crippen molar-refractivity contribution in [2.45, 2.75) is 31.3 Å². The van der Waals surface area contributed by atoms with E-state index >= 15 is 0 Å². The lowest BCUT2D eigenvalue weighted by molar-refractivity contribution is -0.135. The van der Waals surface area contributed by atoms with E-state index in [4.69, 9.17) is 4.74 Å². The van der Waals surface area contributed by atoms with Crippen LogP contribution in [-0.2, 0) is 11.2 Å². The number of fused-ring (bicyclic) bond motifs is 1. The molecule has 1 atom stereocenters. The van der Waals surface area contributed by atoms with Crippen molar-refractivity contribution in [1.29, 1.82) is 0 Å². The first-order chi connectivity index (χ1) is 16.1. The molecule has 5 rings (SSSR count). The predicted octanol–water partition coefficient (Wildman–Crippen LogP) is 4.70. The second-order valence-corrected chi connectivity index (χ2v) is 9.42. The number of carbonyl (C=O) groups excluding carboxylic acids is 2. The Morgan fingerprint density at radius 1 is 1.06 bits per heavy atom. The molecule has 1 fully saturated rings. The van der Waals surface area contributed by atoms with E-state index in [0.717, 1.165) is 30.6 Å². The van der Waals surface area contributed by atoms with Crippen molar-refractivity contribution < 1.29 is 18.7 Å². The molecule has 0 saturated heterocycles. The molecule has 1 aromatic heterocycles. The normalized spacial score (nSPS) is 17.4.